The van der Waals surface area contributed by atoms with Crippen LogP contribution in [0.1, 0.15) is 39.3 Å². The molecule has 4 rings (SSSR count). The van der Waals surface area contributed by atoms with Crippen molar-refractivity contribution in [1.82, 2.24) is 15.2 Å². The molecule has 4 heterocycles. The van der Waals surface area contributed by atoms with E-state index < -0.39 is 0 Å². The summed E-state index contributed by atoms with van der Waals surface area (Å²) in [6.07, 6.45) is 6.47. The molecule has 2 aromatic heterocycles. The van der Waals surface area contributed by atoms with Crippen molar-refractivity contribution in [1.29, 1.82) is 0 Å². The molecule has 2 fully saturated rings. The summed E-state index contributed by atoms with van der Waals surface area (Å²) in [6, 6.07) is 5.11. The summed E-state index contributed by atoms with van der Waals surface area (Å²) in [6.45, 7) is 3.73. The fourth-order valence-corrected chi connectivity index (χ4v) is 4.64. The number of likely N-dealkylation sites (tertiary alicyclic amines) is 1. The van der Waals surface area contributed by atoms with Gasteiger partial charge in [0.2, 0.25) is 0 Å². The van der Waals surface area contributed by atoms with Gasteiger partial charge in [-0.3, -0.25) is 14.6 Å². The average molecular weight is 370 g/mol. The lowest BCUT2D eigenvalue weighted by Crippen LogP contribution is -2.44. The van der Waals surface area contributed by atoms with E-state index in [1.54, 1.807) is 30.6 Å². The van der Waals surface area contributed by atoms with Crippen LogP contribution in [0, 0.1) is 5.41 Å². The van der Waals surface area contributed by atoms with E-state index >= 15 is 0 Å². The van der Waals surface area contributed by atoms with Crippen LogP contribution >= 0.6 is 11.3 Å². The van der Waals surface area contributed by atoms with Gasteiger partial charge < -0.3 is 15.5 Å². The Morgan fingerprint density at radius 1 is 1.15 bits per heavy atom. The molecule has 26 heavy (non-hydrogen) atoms. The first-order valence-electron chi connectivity index (χ1n) is 8.96. The number of hydrogen-bond donors (Lipinski definition) is 2. The number of carbonyl (C=O) groups is 2. The van der Waals surface area contributed by atoms with Gasteiger partial charge in [-0.15, -0.1) is 11.3 Å². The minimum Gasteiger partial charge on any atom is -0.338 e. The van der Waals surface area contributed by atoms with Crippen molar-refractivity contribution in [3.8, 4) is 0 Å². The van der Waals surface area contributed by atoms with Crippen LogP contribution in [0.2, 0.25) is 0 Å². The third-order valence-electron chi connectivity index (χ3n) is 5.49. The predicted molar refractivity (Wildman–Crippen MR) is 102 cm³/mol. The lowest BCUT2D eigenvalue weighted by Gasteiger charge is -2.38. The summed E-state index contributed by atoms with van der Waals surface area (Å²) in [7, 11) is 0. The maximum absolute atomic E-state index is 13.0. The molecule has 2 N–H and O–H groups in total. The highest BCUT2D eigenvalue weighted by Gasteiger charge is 2.38. The molecule has 7 heteroatoms. The molecule has 0 atom stereocenters. The number of anilines is 1. The molecule has 2 amide bonds. The average Bonchev–Trinajstić information content (AvgIpc) is 3.32. The molecule has 0 aliphatic carbocycles. The second kappa shape index (κ2) is 7.17. The zero-order chi connectivity index (χ0) is 18.0. The molecule has 2 aliphatic heterocycles. The second-order valence-electron chi connectivity index (χ2n) is 7.07. The van der Waals surface area contributed by atoms with Crippen molar-refractivity contribution in [2.24, 2.45) is 5.41 Å². The molecule has 0 unspecified atom stereocenters. The molecule has 2 saturated heterocycles. The summed E-state index contributed by atoms with van der Waals surface area (Å²) in [5, 5.41) is 8.16. The third kappa shape index (κ3) is 3.37. The summed E-state index contributed by atoms with van der Waals surface area (Å²) in [5.41, 5.74) is 1.49. The summed E-state index contributed by atoms with van der Waals surface area (Å²) < 4.78 is 0. The number of pyridine rings is 1. The molecule has 0 bridgehead atoms. The molecular weight excluding hydrogens is 348 g/mol. The number of carbonyl (C=O) groups excluding carboxylic acids is 2. The fraction of sp³-hybridized carbons (Fsp3) is 0.421. The Bertz CT molecular complexity index is 789. The van der Waals surface area contributed by atoms with Crippen molar-refractivity contribution < 1.29 is 9.59 Å². The van der Waals surface area contributed by atoms with Crippen LogP contribution in [-0.4, -0.2) is 47.9 Å². The van der Waals surface area contributed by atoms with Gasteiger partial charge >= 0.3 is 0 Å². The quantitative estimate of drug-likeness (QED) is 0.871. The van der Waals surface area contributed by atoms with Gasteiger partial charge in [-0.25, -0.2) is 0 Å². The summed E-state index contributed by atoms with van der Waals surface area (Å²) in [4.78, 5) is 31.8. The highest BCUT2D eigenvalue weighted by atomic mass is 32.1. The van der Waals surface area contributed by atoms with Crippen molar-refractivity contribution in [2.45, 2.75) is 19.3 Å². The number of hydrogen-bond acceptors (Lipinski definition) is 5. The Morgan fingerprint density at radius 3 is 2.62 bits per heavy atom. The van der Waals surface area contributed by atoms with Crippen LogP contribution in [0.3, 0.4) is 0 Å². The van der Waals surface area contributed by atoms with E-state index in [9.17, 15) is 9.59 Å². The first-order chi connectivity index (χ1) is 12.7. The topological polar surface area (TPSA) is 74.3 Å². The van der Waals surface area contributed by atoms with E-state index in [0.29, 0.717) is 21.5 Å². The van der Waals surface area contributed by atoms with Crippen LogP contribution in [-0.2, 0) is 0 Å². The third-order valence-corrected chi connectivity index (χ3v) is 6.40. The Labute approximate surface area is 156 Å². The zero-order valence-electron chi connectivity index (χ0n) is 14.5. The highest BCUT2D eigenvalue weighted by molar-refractivity contribution is 7.12. The molecule has 1 spiro atoms. The van der Waals surface area contributed by atoms with Gasteiger partial charge in [0, 0.05) is 37.6 Å². The number of nitrogens with zero attached hydrogens (tertiary/aromatic N) is 2. The first-order valence-corrected chi connectivity index (χ1v) is 9.84. The van der Waals surface area contributed by atoms with Crippen molar-refractivity contribution in [2.75, 3.05) is 31.5 Å². The second-order valence-corrected chi connectivity index (χ2v) is 7.99. The van der Waals surface area contributed by atoms with Gasteiger partial charge in [0.15, 0.2) is 0 Å². The van der Waals surface area contributed by atoms with Crippen LogP contribution in [0.4, 0.5) is 5.69 Å². The van der Waals surface area contributed by atoms with Crippen LogP contribution in [0.15, 0.2) is 36.0 Å². The highest BCUT2D eigenvalue weighted by Crippen LogP contribution is 2.37. The molecular formula is C19H22N4O2S. The van der Waals surface area contributed by atoms with E-state index in [1.807, 2.05) is 10.3 Å². The van der Waals surface area contributed by atoms with Gasteiger partial charge in [0.1, 0.15) is 4.88 Å². The first kappa shape index (κ1) is 17.2. The van der Waals surface area contributed by atoms with E-state index in [2.05, 4.69) is 15.6 Å². The molecule has 2 aromatic rings. The summed E-state index contributed by atoms with van der Waals surface area (Å²) in [5.74, 6) is -0.208. The van der Waals surface area contributed by atoms with Gasteiger partial charge in [-0.1, -0.05) is 0 Å². The van der Waals surface area contributed by atoms with Gasteiger partial charge in [0.05, 0.1) is 5.69 Å². The van der Waals surface area contributed by atoms with E-state index in [1.165, 1.54) is 17.8 Å². The zero-order valence-corrected chi connectivity index (χ0v) is 15.3. The largest absolute Gasteiger partial charge is 0.338 e. The van der Waals surface area contributed by atoms with E-state index in [-0.39, 0.29) is 11.8 Å². The minimum atomic E-state index is -0.227. The lowest BCUT2D eigenvalue weighted by molar-refractivity contribution is 0.0613. The summed E-state index contributed by atoms with van der Waals surface area (Å²) >= 11 is 1.38. The lowest BCUT2D eigenvalue weighted by atomic mass is 9.78. The SMILES string of the molecule is O=C(Nc1ccsc1C(=O)N1CCC2(CCNC2)CC1)c1ccncc1. The number of amides is 2. The Morgan fingerprint density at radius 2 is 1.92 bits per heavy atom. The van der Waals surface area contributed by atoms with Crippen LogP contribution < -0.4 is 10.6 Å². The number of nitrogens with one attached hydrogen (secondary N) is 2. The molecule has 0 saturated carbocycles. The fourth-order valence-electron chi connectivity index (χ4n) is 3.82. The Kier molecular flexibility index (Phi) is 4.74. The van der Waals surface area contributed by atoms with Gasteiger partial charge in [0.25, 0.3) is 11.8 Å². The van der Waals surface area contributed by atoms with Gasteiger partial charge in [-0.05, 0) is 54.8 Å². The predicted octanol–water partition coefficient (Wildman–Crippen LogP) is 2.61. The maximum atomic E-state index is 13.0. The van der Waals surface area contributed by atoms with Crippen LogP contribution in [0.25, 0.3) is 0 Å². The number of aromatic nitrogens is 1. The maximum Gasteiger partial charge on any atom is 0.266 e. The van der Waals surface area contributed by atoms with E-state index in [4.69, 9.17) is 0 Å². The Balaban J connectivity index is 1.43. The molecule has 136 valence electrons. The van der Waals surface area contributed by atoms with Crippen molar-refractivity contribution in [3.05, 3.63) is 46.4 Å². The van der Waals surface area contributed by atoms with Crippen molar-refractivity contribution >= 4 is 28.8 Å². The monoisotopic (exact) mass is 370 g/mol. The minimum absolute atomic E-state index is 0.0193. The number of piperidine rings is 1. The molecule has 2 aliphatic rings. The van der Waals surface area contributed by atoms with Crippen LogP contribution in [0.5, 0.6) is 0 Å². The van der Waals surface area contributed by atoms with E-state index in [0.717, 1.165) is 39.0 Å². The normalized spacial score (nSPS) is 18.8. The molecule has 6 nitrogen and oxygen atoms in total. The Hall–Kier alpha value is -2.25. The number of thiophene rings is 1. The molecule has 0 radical (unpaired) electrons. The standard InChI is InChI=1S/C19H22N4O2S/c24-17(14-1-7-20-8-2-14)22-15-3-12-26-16(15)18(25)23-10-5-19(6-11-23)4-9-21-13-19/h1-3,7-8,12,21H,4-6,9-11,13H2,(H,22,24). The van der Waals surface area contributed by atoms with Gasteiger partial charge in [-0.2, -0.15) is 0 Å². The van der Waals surface area contributed by atoms with Crippen molar-refractivity contribution in [3.63, 3.8) is 0 Å². The smallest absolute Gasteiger partial charge is 0.266 e. The molecule has 0 aromatic carbocycles. The number of rotatable bonds is 3.